The molecule has 1 heterocycles. The predicted octanol–water partition coefficient (Wildman–Crippen LogP) is 2.14. The van der Waals surface area contributed by atoms with Gasteiger partial charge in [-0.05, 0) is 12.8 Å². The Morgan fingerprint density at radius 2 is 2.14 bits per heavy atom. The predicted molar refractivity (Wildman–Crippen MR) is 63.8 cm³/mol. The molecule has 0 unspecified atom stereocenters. The fraction of sp³-hybridized carbons (Fsp3) is 0.909. The van der Waals surface area contributed by atoms with Crippen LogP contribution in [0.5, 0.6) is 0 Å². The van der Waals surface area contributed by atoms with Gasteiger partial charge in [0, 0.05) is 19.6 Å². The fourth-order valence-corrected chi connectivity index (χ4v) is 1.23. The van der Waals surface area contributed by atoms with Crippen LogP contribution in [0.2, 0.25) is 0 Å². The Balaban J connectivity index is 0.000000791. The third kappa shape index (κ3) is 6.75. The van der Waals surface area contributed by atoms with Gasteiger partial charge in [-0.25, -0.2) is 0 Å². The molecule has 1 aliphatic heterocycles. The molecule has 0 fully saturated rings. The number of hydrogen-bond acceptors (Lipinski definition) is 3. The van der Waals surface area contributed by atoms with E-state index in [4.69, 9.17) is 0 Å². The van der Waals surface area contributed by atoms with E-state index in [1.165, 1.54) is 25.7 Å². The Kier molecular flexibility index (Phi) is 9.81. The Morgan fingerprint density at radius 3 is 2.71 bits per heavy atom. The third-order valence-electron chi connectivity index (χ3n) is 1.97. The highest BCUT2D eigenvalue weighted by atomic mass is 15.2. The average Bonchev–Trinajstić information content (AvgIpc) is 2.29. The topological polar surface area (TPSA) is 36.4 Å². The van der Waals surface area contributed by atoms with Crippen molar-refractivity contribution in [1.82, 2.24) is 10.6 Å². The number of unbranched alkanes of at least 4 members (excludes halogenated alkanes) is 2. The molecule has 0 aromatic carbocycles. The molecule has 0 aliphatic carbocycles. The molecule has 0 bridgehead atoms. The van der Waals surface area contributed by atoms with Crippen molar-refractivity contribution in [2.45, 2.75) is 46.5 Å². The molecule has 1 rings (SSSR count). The zero-order chi connectivity index (χ0) is 10.6. The van der Waals surface area contributed by atoms with Gasteiger partial charge in [-0.1, -0.05) is 33.6 Å². The van der Waals surface area contributed by atoms with Crippen molar-refractivity contribution in [1.29, 1.82) is 0 Å². The molecule has 3 nitrogen and oxygen atoms in total. The summed E-state index contributed by atoms with van der Waals surface area (Å²) in [5.74, 6) is 0.998. The second kappa shape index (κ2) is 10.4. The minimum Gasteiger partial charge on any atom is -0.356 e. The van der Waals surface area contributed by atoms with Crippen molar-refractivity contribution in [3.63, 3.8) is 0 Å². The van der Waals surface area contributed by atoms with Crippen LogP contribution in [-0.2, 0) is 0 Å². The van der Waals surface area contributed by atoms with Gasteiger partial charge in [0.25, 0.3) is 0 Å². The van der Waals surface area contributed by atoms with E-state index in [2.05, 4.69) is 22.5 Å². The third-order valence-corrected chi connectivity index (χ3v) is 1.97. The Hall–Kier alpha value is -0.730. The summed E-state index contributed by atoms with van der Waals surface area (Å²) >= 11 is 0. The molecule has 14 heavy (non-hydrogen) atoms. The lowest BCUT2D eigenvalue weighted by atomic mass is 10.2. The van der Waals surface area contributed by atoms with Crippen LogP contribution in [0.4, 0.5) is 0 Å². The fourth-order valence-electron chi connectivity index (χ4n) is 1.23. The summed E-state index contributed by atoms with van der Waals surface area (Å²) in [7, 11) is 0. The van der Waals surface area contributed by atoms with Crippen molar-refractivity contribution in [3.8, 4) is 0 Å². The lowest BCUT2D eigenvalue weighted by molar-refractivity contribution is 0.660. The standard InChI is InChI=1S/C9H19N3.C2H6/c1-2-3-4-6-10-9-11-7-5-8-12-9;1-2/h2-8H2,1H3,(H2,10,11,12);1-2H3. The molecule has 0 saturated heterocycles. The van der Waals surface area contributed by atoms with Crippen molar-refractivity contribution in [2.24, 2.45) is 4.99 Å². The minimum atomic E-state index is 0.975. The van der Waals surface area contributed by atoms with Gasteiger partial charge in [0.2, 0.25) is 0 Å². The number of rotatable bonds is 4. The highest BCUT2D eigenvalue weighted by Crippen LogP contribution is 1.92. The molecule has 3 heteroatoms. The van der Waals surface area contributed by atoms with Gasteiger partial charge in [-0.3, -0.25) is 4.99 Å². The van der Waals surface area contributed by atoms with Crippen molar-refractivity contribution in [3.05, 3.63) is 0 Å². The van der Waals surface area contributed by atoms with Crippen LogP contribution in [0.3, 0.4) is 0 Å². The summed E-state index contributed by atoms with van der Waals surface area (Å²) in [6.07, 6.45) is 5.00. The molecule has 0 aromatic heterocycles. The number of aliphatic imine (C=N–C) groups is 1. The number of guanidine groups is 1. The van der Waals surface area contributed by atoms with Crippen LogP contribution in [0, 0.1) is 0 Å². The number of nitrogens with one attached hydrogen (secondary N) is 2. The summed E-state index contributed by atoms with van der Waals surface area (Å²) in [4.78, 5) is 4.32. The van der Waals surface area contributed by atoms with Crippen molar-refractivity contribution >= 4 is 5.96 Å². The lowest BCUT2D eigenvalue weighted by Gasteiger charge is -2.15. The summed E-state index contributed by atoms with van der Waals surface area (Å²) in [6, 6.07) is 0. The first kappa shape index (κ1) is 13.3. The Morgan fingerprint density at radius 1 is 1.36 bits per heavy atom. The van der Waals surface area contributed by atoms with Gasteiger partial charge >= 0.3 is 0 Å². The van der Waals surface area contributed by atoms with Gasteiger partial charge in [0.15, 0.2) is 5.96 Å². The number of nitrogens with zero attached hydrogens (tertiary/aromatic N) is 1. The van der Waals surface area contributed by atoms with Crippen LogP contribution in [0.25, 0.3) is 0 Å². The molecule has 0 aromatic rings. The Labute approximate surface area is 88.4 Å². The monoisotopic (exact) mass is 199 g/mol. The van der Waals surface area contributed by atoms with E-state index in [0.717, 1.165) is 25.6 Å². The molecular formula is C11H25N3. The van der Waals surface area contributed by atoms with Crippen LogP contribution >= 0.6 is 0 Å². The molecule has 0 atom stereocenters. The van der Waals surface area contributed by atoms with Crippen LogP contribution in [0.1, 0.15) is 46.5 Å². The van der Waals surface area contributed by atoms with Gasteiger partial charge in [0.1, 0.15) is 0 Å². The molecule has 84 valence electrons. The molecule has 0 saturated carbocycles. The van der Waals surface area contributed by atoms with E-state index in [1.807, 2.05) is 13.8 Å². The first-order chi connectivity index (χ1) is 6.93. The number of hydrogen-bond donors (Lipinski definition) is 2. The van der Waals surface area contributed by atoms with E-state index in [-0.39, 0.29) is 0 Å². The van der Waals surface area contributed by atoms with Crippen molar-refractivity contribution in [2.75, 3.05) is 19.6 Å². The quantitative estimate of drug-likeness (QED) is 0.681. The summed E-state index contributed by atoms with van der Waals surface area (Å²) in [5, 5.41) is 6.53. The second-order valence-electron chi connectivity index (χ2n) is 3.14. The molecule has 0 amide bonds. The summed E-state index contributed by atoms with van der Waals surface area (Å²) < 4.78 is 0. The van der Waals surface area contributed by atoms with Crippen LogP contribution < -0.4 is 10.6 Å². The lowest BCUT2D eigenvalue weighted by Crippen LogP contribution is -2.41. The molecule has 2 N–H and O–H groups in total. The first-order valence-electron chi connectivity index (χ1n) is 5.95. The molecule has 0 spiro atoms. The SMILES string of the molecule is CC.CCCCCNC1=NCCCN1. The second-order valence-corrected chi connectivity index (χ2v) is 3.14. The maximum absolute atomic E-state index is 4.32. The molecule has 0 radical (unpaired) electrons. The van der Waals surface area contributed by atoms with Crippen molar-refractivity contribution < 1.29 is 0 Å². The maximum Gasteiger partial charge on any atom is 0.191 e. The summed E-state index contributed by atoms with van der Waals surface area (Å²) in [5.41, 5.74) is 0. The zero-order valence-corrected chi connectivity index (χ0v) is 9.90. The van der Waals surface area contributed by atoms with E-state index in [0.29, 0.717) is 0 Å². The van der Waals surface area contributed by atoms with E-state index >= 15 is 0 Å². The van der Waals surface area contributed by atoms with Gasteiger partial charge in [-0.2, -0.15) is 0 Å². The van der Waals surface area contributed by atoms with E-state index in [1.54, 1.807) is 0 Å². The summed E-state index contributed by atoms with van der Waals surface area (Å²) in [6.45, 7) is 9.32. The highest BCUT2D eigenvalue weighted by molar-refractivity contribution is 5.80. The minimum absolute atomic E-state index is 0.975. The zero-order valence-electron chi connectivity index (χ0n) is 9.90. The van der Waals surface area contributed by atoms with E-state index in [9.17, 15) is 0 Å². The van der Waals surface area contributed by atoms with Crippen LogP contribution in [0.15, 0.2) is 4.99 Å². The average molecular weight is 199 g/mol. The van der Waals surface area contributed by atoms with Gasteiger partial charge < -0.3 is 10.6 Å². The highest BCUT2D eigenvalue weighted by Gasteiger charge is 2.00. The first-order valence-corrected chi connectivity index (χ1v) is 5.95. The molecular weight excluding hydrogens is 174 g/mol. The normalized spacial score (nSPS) is 14.6. The van der Waals surface area contributed by atoms with E-state index < -0.39 is 0 Å². The maximum atomic E-state index is 4.32. The largest absolute Gasteiger partial charge is 0.356 e. The molecule has 1 aliphatic rings. The van der Waals surface area contributed by atoms with Gasteiger partial charge in [0.05, 0.1) is 0 Å². The Bertz CT molecular complexity index is 143. The van der Waals surface area contributed by atoms with Crippen LogP contribution in [-0.4, -0.2) is 25.6 Å². The smallest absolute Gasteiger partial charge is 0.191 e. The van der Waals surface area contributed by atoms with Gasteiger partial charge in [-0.15, -0.1) is 0 Å².